The molecule has 2 saturated heterocycles. The molecule has 1 aliphatic carbocycles. The highest BCUT2D eigenvalue weighted by molar-refractivity contribution is 5.85. The van der Waals surface area contributed by atoms with Gasteiger partial charge in [0.05, 0.1) is 6.04 Å². The molecule has 3 rings (SSSR count). The molecule has 0 bridgehead atoms. The van der Waals surface area contributed by atoms with Crippen molar-refractivity contribution in [3.63, 3.8) is 0 Å². The van der Waals surface area contributed by atoms with Crippen molar-refractivity contribution in [1.29, 1.82) is 0 Å². The minimum atomic E-state index is 0. The van der Waals surface area contributed by atoms with E-state index in [0.29, 0.717) is 12.0 Å². The molecular weight excluding hydrogens is 338 g/mol. The highest BCUT2D eigenvalue weighted by atomic mass is 35.5. The summed E-state index contributed by atoms with van der Waals surface area (Å²) in [7, 11) is 1.88. The Kier molecular flexibility index (Phi) is 7.15. The summed E-state index contributed by atoms with van der Waals surface area (Å²) < 4.78 is 0. The van der Waals surface area contributed by atoms with Gasteiger partial charge in [0.15, 0.2) is 0 Å². The number of fused-ring (bicyclic) bond motifs is 1. The minimum absolute atomic E-state index is 0. The lowest BCUT2D eigenvalue weighted by atomic mass is 9.85. The molecule has 0 aromatic rings. The van der Waals surface area contributed by atoms with Crippen LogP contribution in [0.4, 0.5) is 0 Å². The molecule has 2 amide bonds. The molecule has 5 nitrogen and oxygen atoms in total. The molecule has 1 N–H and O–H groups in total. The zero-order chi connectivity index (χ0) is 17.3. The maximum absolute atomic E-state index is 12.8. The Morgan fingerprint density at radius 2 is 1.72 bits per heavy atom. The first-order valence-electron chi connectivity index (χ1n) is 9.79. The Bertz CT molecular complexity index is 463. The third-order valence-electron chi connectivity index (χ3n) is 6.44. The lowest BCUT2D eigenvalue weighted by Gasteiger charge is -2.35. The molecule has 3 unspecified atom stereocenters. The molecule has 0 spiro atoms. The number of nitrogens with zero attached hydrogens (tertiary/aromatic N) is 2. The van der Waals surface area contributed by atoms with E-state index in [4.69, 9.17) is 0 Å². The van der Waals surface area contributed by atoms with Gasteiger partial charge < -0.3 is 15.1 Å². The smallest absolute Gasteiger partial charge is 0.239 e. The van der Waals surface area contributed by atoms with Gasteiger partial charge in [-0.2, -0.15) is 0 Å². The molecule has 6 heteroatoms. The van der Waals surface area contributed by atoms with E-state index < -0.39 is 0 Å². The number of carbonyl (C=O) groups is 2. The number of rotatable bonds is 3. The molecular formula is C19H34ClN3O2. The van der Waals surface area contributed by atoms with E-state index in [9.17, 15) is 9.59 Å². The molecule has 1 saturated carbocycles. The molecule has 25 heavy (non-hydrogen) atoms. The maximum Gasteiger partial charge on any atom is 0.239 e. The van der Waals surface area contributed by atoms with E-state index in [-0.39, 0.29) is 42.2 Å². The molecule has 3 atom stereocenters. The average Bonchev–Trinajstić information content (AvgIpc) is 3.04. The van der Waals surface area contributed by atoms with E-state index in [2.05, 4.69) is 5.32 Å². The lowest BCUT2D eigenvalue weighted by molar-refractivity contribution is -0.141. The molecule has 2 aliphatic heterocycles. The molecule has 144 valence electrons. The third-order valence-corrected chi connectivity index (χ3v) is 6.44. The van der Waals surface area contributed by atoms with Crippen molar-refractivity contribution in [3.05, 3.63) is 0 Å². The van der Waals surface area contributed by atoms with Crippen LogP contribution in [-0.4, -0.2) is 59.9 Å². The van der Waals surface area contributed by atoms with Crippen LogP contribution in [0.2, 0.25) is 0 Å². The van der Waals surface area contributed by atoms with Crippen LogP contribution < -0.4 is 5.32 Å². The molecule has 0 aromatic heterocycles. The van der Waals surface area contributed by atoms with Crippen LogP contribution in [0.3, 0.4) is 0 Å². The first kappa shape index (κ1) is 20.5. The van der Waals surface area contributed by atoms with Crippen molar-refractivity contribution >= 4 is 24.2 Å². The van der Waals surface area contributed by atoms with Gasteiger partial charge in [-0.15, -0.1) is 12.4 Å². The fraction of sp³-hybridized carbons (Fsp3) is 0.895. The second kappa shape index (κ2) is 8.72. The maximum atomic E-state index is 12.8. The van der Waals surface area contributed by atoms with E-state index in [1.807, 2.05) is 30.7 Å². The summed E-state index contributed by atoms with van der Waals surface area (Å²) in [5, 5.41) is 3.59. The average molecular weight is 372 g/mol. The number of nitrogens with one attached hydrogen (secondary N) is 1. The largest absolute Gasteiger partial charge is 0.343 e. The zero-order valence-corrected chi connectivity index (χ0v) is 16.7. The number of likely N-dealkylation sites (tertiary alicyclic amines) is 1. The van der Waals surface area contributed by atoms with Crippen LogP contribution in [0, 0.1) is 11.8 Å². The molecule has 0 radical (unpaired) electrons. The van der Waals surface area contributed by atoms with Crippen molar-refractivity contribution in [3.8, 4) is 0 Å². The van der Waals surface area contributed by atoms with Crippen LogP contribution in [-0.2, 0) is 9.59 Å². The number of amides is 2. The van der Waals surface area contributed by atoms with E-state index >= 15 is 0 Å². The first-order chi connectivity index (χ1) is 11.5. The second-order valence-electron chi connectivity index (χ2n) is 8.25. The van der Waals surface area contributed by atoms with Crippen molar-refractivity contribution in [2.75, 3.05) is 20.1 Å². The Morgan fingerprint density at radius 3 is 2.32 bits per heavy atom. The monoisotopic (exact) mass is 371 g/mol. The summed E-state index contributed by atoms with van der Waals surface area (Å²) in [6.45, 7) is 5.55. The van der Waals surface area contributed by atoms with Gasteiger partial charge in [-0.25, -0.2) is 0 Å². The summed E-state index contributed by atoms with van der Waals surface area (Å²) in [5.74, 6) is 1.29. The van der Waals surface area contributed by atoms with Crippen LogP contribution in [0.15, 0.2) is 0 Å². The molecule has 3 aliphatic rings. The van der Waals surface area contributed by atoms with Gasteiger partial charge >= 0.3 is 0 Å². The Morgan fingerprint density at radius 1 is 1.08 bits per heavy atom. The van der Waals surface area contributed by atoms with E-state index in [0.717, 1.165) is 32.4 Å². The van der Waals surface area contributed by atoms with Crippen molar-refractivity contribution < 1.29 is 9.59 Å². The predicted molar refractivity (Wildman–Crippen MR) is 102 cm³/mol. The van der Waals surface area contributed by atoms with Crippen molar-refractivity contribution in [2.24, 2.45) is 11.8 Å². The van der Waals surface area contributed by atoms with Gasteiger partial charge in [0.1, 0.15) is 0 Å². The summed E-state index contributed by atoms with van der Waals surface area (Å²) in [6, 6.07) is 0.818. The minimum Gasteiger partial charge on any atom is -0.343 e. The van der Waals surface area contributed by atoms with Gasteiger partial charge in [-0.3, -0.25) is 9.59 Å². The Hall–Kier alpha value is -0.810. The van der Waals surface area contributed by atoms with Crippen LogP contribution in [0.5, 0.6) is 0 Å². The van der Waals surface area contributed by atoms with Gasteiger partial charge in [-0.05, 0) is 51.9 Å². The topological polar surface area (TPSA) is 52.7 Å². The Balaban J connectivity index is 0.00000225. The van der Waals surface area contributed by atoms with Crippen molar-refractivity contribution in [2.45, 2.75) is 76.9 Å². The normalized spacial score (nSPS) is 29.9. The Labute approximate surface area is 158 Å². The summed E-state index contributed by atoms with van der Waals surface area (Å²) in [6.07, 6.45) is 7.75. The number of piperidine rings is 1. The fourth-order valence-corrected chi connectivity index (χ4v) is 4.62. The van der Waals surface area contributed by atoms with E-state index in [1.165, 1.54) is 25.7 Å². The second-order valence-corrected chi connectivity index (χ2v) is 8.25. The number of hydrogen-bond acceptors (Lipinski definition) is 3. The SMILES string of the molecule is CC(C)N(C)C(=O)C1CCN(C(=O)C2CC3CCCCC3N2)CC1.Cl. The van der Waals surface area contributed by atoms with Crippen LogP contribution in [0.1, 0.15) is 58.8 Å². The van der Waals surface area contributed by atoms with Gasteiger partial charge in [-0.1, -0.05) is 12.8 Å². The fourth-order valence-electron chi connectivity index (χ4n) is 4.62. The van der Waals surface area contributed by atoms with Gasteiger partial charge in [0.2, 0.25) is 11.8 Å². The van der Waals surface area contributed by atoms with Crippen molar-refractivity contribution in [1.82, 2.24) is 15.1 Å². The molecule has 0 aromatic carbocycles. The summed E-state index contributed by atoms with van der Waals surface area (Å²) >= 11 is 0. The molecule has 2 heterocycles. The standard InChI is InChI=1S/C19H33N3O2.ClH/c1-13(2)21(3)18(23)14-8-10-22(11-9-14)19(24)17-12-15-6-4-5-7-16(15)20-17;/h13-17,20H,4-12H2,1-3H3;1H. The number of carbonyl (C=O) groups excluding carboxylic acids is 2. The van der Waals surface area contributed by atoms with E-state index in [1.54, 1.807) is 0 Å². The predicted octanol–water partition coefficient (Wildman–Crippen LogP) is 2.43. The zero-order valence-electron chi connectivity index (χ0n) is 15.9. The van der Waals surface area contributed by atoms with Crippen LogP contribution >= 0.6 is 12.4 Å². The highest BCUT2D eigenvalue weighted by Gasteiger charge is 2.40. The number of hydrogen-bond donors (Lipinski definition) is 1. The molecule has 3 fully saturated rings. The summed E-state index contributed by atoms with van der Waals surface area (Å²) in [4.78, 5) is 29.1. The number of halogens is 1. The third kappa shape index (κ3) is 4.48. The highest BCUT2D eigenvalue weighted by Crippen LogP contribution is 2.34. The van der Waals surface area contributed by atoms with Crippen LogP contribution in [0.25, 0.3) is 0 Å². The van der Waals surface area contributed by atoms with Gasteiger partial charge in [0.25, 0.3) is 0 Å². The first-order valence-corrected chi connectivity index (χ1v) is 9.79. The lowest BCUT2D eigenvalue weighted by Crippen LogP contribution is -2.50. The quantitative estimate of drug-likeness (QED) is 0.829. The van der Waals surface area contributed by atoms with Gasteiger partial charge in [0, 0.05) is 38.1 Å². The summed E-state index contributed by atoms with van der Waals surface area (Å²) in [5.41, 5.74) is 0.